The monoisotopic (exact) mass is 352 g/mol. The topological polar surface area (TPSA) is 49.4 Å². The zero-order chi connectivity index (χ0) is 13.5. The minimum Gasteiger partial charge on any atom is -0.314 e. The highest BCUT2D eigenvalue weighted by Gasteiger charge is 2.36. The summed E-state index contributed by atoms with van der Waals surface area (Å²) >= 11 is 4.67. The number of rotatable bonds is 2. The van der Waals surface area contributed by atoms with E-state index in [0.717, 1.165) is 9.35 Å². The van der Waals surface area contributed by atoms with Crippen LogP contribution in [-0.4, -0.2) is 37.9 Å². The maximum Gasteiger partial charge on any atom is 0.253 e. The number of sulfonamides is 1. The lowest BCUT2D eigenvalue weighted by Crippen LogP contribution is -2.56. The van der Waals surface area contributed by atoms with Gasteiger partial charge in [-0.05, 0) is 48.3 Å². The highest BCUT2D eigenvalue weighted by atomic mass is 79.9. The van der Waals surface area contributed by atoms with E-state index >= 15 is 0 Å². The van der Waals surface area contributed by atoms with Crippen molar-refractivity contribution in [1.82, 2.24) is 9.62 Å². The Hall–Kier alpha value is 0.0500. The van der Waals surface area contributed by atoms with Gasteiger partial charge in [0, 0.05) is 25.2 Å². The summed E-state index contributed by atoms with van der Waals surface area (Å²) in [6.45, 7) is 7.19. The average molecular weight is 353 g/mol. The van der Waals surface area contributed by atoms with Crippen molar-refractivity contribution in [3.8, 4) is 0 Å². The summed E-state index contributed by atoms with van der Waals surface area (Å²) in [4.78, 5) is 0. The third-order valence-corrected chi connectivity index (χ3v) is 7.83. The van der Waals surface area contributed by atoms with Crippen LogP contribution in [0.15, 0.2) is 14.1 Å². The number of hydrogen-bond donors (Lipinski definition) is 1. The van der Waals surface area contributed by atoms with E-state index in [-0.39, 0.29) is 12.1 Å². The van der Waals surface area contributed by atoms with Crippen LogP contribution in [0.5, 0.6) is 0 Å². The van der Waals surface area contributed by atoms with Crippen LogP contribution in [0.3, 0.4) is 0 Å². The number of aryl methyl sites for hydroxylation is 1. The Labute approximate surface area is 121 Å². The molecule has 0 amide bonds. The summed E-state index contributed by atoms with van der Waals surface area (Å²) in [6, 6.07) is 1.71. The van der Waals surface area contributed by atoms with Crippen molar-refractivity contribution >= 4 is 37.3 Å². The van der Waals surface area contributed by atoms with Gasteiger partial charge in [-0.2, -0.15) is 4.31 Å². The summed E-state index contributed by atoms with van der Waals surface area (Å²) in [5.41, 5.74) is 0.967. The van der Waals surface area contributed by atoms with Crippen LogP contribution >= 0.6 is 27.3 Å². The van der Waals surface area contributed by atoms with E-state index < -0.39 is 10.0 Å². The molecular weight excluding hydrogens is 336 g/mol. The molecule has 2 unspecified atom stereocenters. The van der Waals surface area contributed by atoms with Gasteiger partial charge in [0.15, 0.2) is 0 Å². The van der Waals surface area contributed by atoms with Crippen molar-refractivity contribution in [1.29, 1.82) is 0 Å². The van der Waals surface area contributed by atoms with Crippen LogP contribution < -0.4 is 5.32 Å². The third kappa shape index (κ3) is 2.51. The summed E-state index contributed by atoms with van der Waals surface area (Å²) in [5.74, 6) is 0. The molecule has 0 aliphatic carbocycles. The predicted octanol–water partition coefficient (Wildman–Crippen LogP) is 2.19. The molecule has 2 atom stereocenters. The fraction of sp³-hybridized carbons (Fsp3) is 0.636. The van der Waals surface area contributed by atoms with E-state index in [9.17, 15) is 8.42 Å². The molecule has 2 rings (SSSR count). The molecule has 1 aromatic heterocycles. The van der Waals surface area contributed by atoms with Crippen LogP contribution in [-0.2, 0) is 10.0 Å². The molecular formula is C11H17BrN2O2S2. The normalized spacial score (nSPS) is 26.4. The van der Waals surface area contributed by atoms with Gasteiger partial charge in [0.2, 0.25) is 0 Å². The highest BCUT2D eigenvalue weighted by molar-refractivity contribution is 9.11. The van der Waals surface area contributed by atoms with Crippen molar-refractivity contribution < 1.29 is 8.42 Å². The van der Waals surface area contributed by atoms with E-state index in [1.54, 1.807) is 10.4 Å². The van der Waals surface area contributed by atoms with E-state index in [0.29, 0.717) is 17.3 Å². The molecule has 0 spiro atoms. The van der Waals surface area contributed by atoms with Crippen molar-refractivity contribution in [2.24, 2.45) is 0 Å². The first kappa shape index (κ1) is 14.5. The molecule has 0 saturated carbocycles. The van der Waals surface area contributed by atoms with Crippen molar-refractivity contribution in [2.45, 2.75) is 37.1 Å². The molecule has 1 aliphatic rings. The Bertz CT molecular complexity index is 512. The molecule has 0 aromatic carbocycles. The van der Waals surface area contributed by atoms with Gasteiger partial charge in [0.25, 0.3) is 10.0 Å². The lowest BCUT2D eigenvalue weighted by Gasteiger charge is -2.37. The Balaban J connectivity index is 2.41. The van der Waals surface area contributed by atoms with Gasteiger partial charge in [-0.3, -0.25) is 0 Å². The maximum atomic E-state index is 12.7. The standard InChI is InChI=1S/C11H17BrN2O2S2/c1-7-4-10(17-11(7)12)18(15,16)14-8(2)5-13-6-9(14)3/h4,8-9,13H,5-6H2,1-3H3. The second kappa shape index (κ2) is 5.20. The van der Waals surface area contributed by atoms with Gasteiger partial charge in [-0.1, -0.05) is 0 Å². The van der Waals surface area contributed by atoms with Crippen molar-refractivity contribution in [3.05, 3.63) is 15.4 Å². The summed E-state index contributed by atoms with van der Waals surface area (Å²) in [5, 5.41) is 3.24. The van der Waals surface area contributed by atoms with E-state index in [2.05, 4.69) is 21.2 Å². The molecule has 0 bridgehead atoms. The fourth-order valence-electron chi connectivity index (χ4n) is 2.25. The van der Waals surface area contributed by atoms with Crippen molar-refractivity contribution in [3.63, 3.8) is 0 Å². The molecule has 18 heavy (non-hydrogen) atoms. The SMILES string of the molecule is Cc1cc(S(=O)(=O)N2C(C)CNCC2C)sc1Br. The lowest BCUT2D eigenvalue weighted by atomic mass is 10.2. The zero-order valence-electron chi connectivity index (χ0n) is 10.6. The van der Waals surface area contributed by atoms with Gasteiger partial charge in [0.1, 0.15) is 4.21 Å². The molecule has 102 valence electrons. The van der Waals surface area contributed by atoms with E-state index in [1.165, 1.54) is 11.3 Å². The molecule has 4 nitrogen and oxygen atoms in total. The minimum atomic E-state index is -3.38. The Morgan fingerprint density at radius 3 is 2.39 bits per heavy atom. The Morgan fingerprint density at radius 2 is 1.94 bits per heavy atom. The van der Waals surface area contributed by atoms with E-state index in [1.807, 2.05) is 20.8 Å². The number of nitrogens with zero attached hydrogens (tertiary/aromatic N) is 1. The second-order valence-electron chi connectivity index (χ2n) is 4.71. The van der Waals surface area contributed by atoms with Crippen LogP contribution in [0.1, 0.15) is 19.4 Å². The number of hydrogen-bond acceptors (Lipinski definition) is 4. The molecule has 0 radical (unpaired) electrons. The Morgan fingerprint density at radius 1 is 1.39 bits per heavy atom. The van der Waals surface area contributed by atoms with Crippen LogP contribution in [0, 0.1) is 6.92 Å². The smallest absolute Gasteiger partial charge is 0.253 e. The molecule has 1 fully saturated rings. The van der Waals surface area contributed by atoms with Gasteiger partial charge < -0.3 is 5.32 Å². The second-order valence-corrected chi connectivity index (χ2v) is 9.15. The first-order valence-electron chi connectivity index (χ1n) is 5.84. The molecule has 1 aliphatic heterocycles. The predicted molar refractivity (Wildman–Crippen MR) is 77.6 cm³/mol. The summed E-state index contributed by atoms with van der Waals surface area (Å²) < 4.78 is 28.3. The first-order valence-corrected chi connectivity index (χ1v) is 8.89. The molecule has 1 saturated heterocycles. The van der Waals surface area contributed by atoms with E-state index in [4.69, 9.17) is 0 Å². The maximum absolute atomic E-state index is 12.7. The number of nitrogens with one attached hydrogen (secondary N) is 1. The van der Waals surface area contributed by atoms with Gasteiger partial charge >= 0.3 is 0 Å². The largest absolute Gasteiger partial charge is 0.314 e. The lowest BCUT2D eigenvalue weighted by molar-refractivity contribution is 0.220. The Kier molecular flexibility index (Phi) is 4.18. The first-order chi connectivity index (χ1) is 8.34. The number of piperazine rings is 1. The number of thiophene rings is 1. The van der Waals surface area contributed by atoms with Crippen molar-refractivity contribution in [2.75, 3.05) is 13.1 Å². The van der Waals surface area contributed by atoms with Gasteiger partial charge in [-0.25, -0.2) is 8.42 Å². The molecule has 1 aromatic rings. The van der Waals surface area contributed by atoms with Crippen LogP contribution in [0.2, 0.25) is 0 Å². The molecule has 1 N–H and O–H groups in total. The van der Waals surface area contributed by atoms with Crippen LogP contribution in [0.25, 0.3) is 0 Å². The highest BCUT2D eigenvalue weighted by Crippen LogP contribution is 2.33. The molecule has 2 heterocycles. The quantitative estimate of drug-likeness (QED) is 0.887. The van der Waals surface area contributed by atoms with Gasteiger partial charge in [0.05, 0.1) is 3.79 Å². The third-order valence-electron chi connectivity index (χ3n) is 3.11. The average Bonchev–Trinajstić information content (AvgIpc) is 2.59. The summed E-state index contributed by atoms with van der Waals surface area (Å²) in [6.07, 6.45) is 0. The summed E-state index contributed by atoms with van der Waals surface area (Å²) in [7, 11) is -3.38. The van der Waals surface area contributed by atoms with Crippen LogP contribution in [0.4, 0.5) is 0 Å². The minimum absolute atomic E-state index is 0.0140. The number of halogens is 1. The molecule has 7 heteroatoms. The van der Waals surface area contributed by atoms with Gasteiger partial charge in [-0.15, -0.1) is 11.3 Å². The zero-order valence-corrected chi connectivity index (χ0v) is 13.8. The fourth-order valence-corrected chi connectivity index (χ4v) is 6.40.